The van der Waals surface area contributed by atoms with Crippen molar-refractivity contribution in [2.45, 2.75) is 11.6 Å². The number of thioether (sulfide) groups is 1. The molecule has 0 fully saturated rings. The second kappa shape index (κ2) is 15.5. The Balaban J connectivity index is 1.01. The molecule has 1 aromatic heterocycles. The van der Waals surface area contributed by atoms with Gasteiger partial charge in [0.2, 0.25) is 5.52 Å². The van der Waals surface area contributed by atoms with Gasteiger partial charge in [0.15, 0.2) is 6.73 Å². The van der Waals surface area contributed by atoms with Crippen molar-refractivity contribution < 1.29 is 14.0 Å². The lowest BCUT2D eigenvalue weighted by Crippen LogP contribution is -2.38. The smallest absolute Gasteiger partial charge is 0.293 e. The summed E-state index contributed by atoms with van der Waals surface area (Å²) in [5, 5.41) is 6.72. The topological polar surface area (TPSA) is 25.6 Å². The SMILES string of the molecule is C(=Cc1sc2ccc(-c3ccccc3)cc2[n+]1COc1cccc2ccccc12)C=C1Sc2ccc(-c3ccccc3)cc2N1COc1cccc2ccccc12. The highest BCUT2D eigenvalue weighted by molar-refractivity contribution is 8.03. The highest BCUT2D eigenvalue weighted by Gasteiger charge is 2.27. The Morgan fingerprint density at radius 1 is 0.544 bits per heavy atom. The third kappa shape index (κ3) is 7.06. The number of allylic oxidation sites excluding steroid dienone is 2. The lowest BCUT2D eigenvalue weighted by molar-refractivity contribution is -0.698. The van der Waals surface area contributed by atoms with Gasteiger partial charge in [0.05, 0.1) is 10.7 Å². The first-order chi connectivity index (χ1) is 28.2. The summed E-state index contributed by atoms with van der Waals surface area (Å²) in [5.41, 5.74) is 7.00. The van der Waals surface area contributed by atoms with Gasteiger partial charge in [-0.25, -0.2) is 0 Å². The minimum atomic E-state index is 0.371. The summed E-state index contributed by atoms with van der Waals surface area (Å²) in [6.07, 6.45) is 6.57. The molecule has 0 saturated carbocycles. The molecule has 274 valence electrons. The van der Waals surface area contributed by atoms with Crippen LogP contribution in [0.4, 0.5) is 5.69 Å². The van der Waals surface area contributed by atoms with Gasteiger partial charge in [-0.2, -0.15) is 0 Å². The third-order valence-electron chi connectivity index (χ3n) is 10.3. The number of ether oxygens (including phenoxy) is 2. The fraction of sp³-hybridized carbons (Fsp3) is 0.0392. The maximum atomic E-state index is 6.64. The number of fused-ring (bicyclic) bond motifs is 4. The first-order valence-electron chi connectivity index (χ1n) is 19.0. The van der Waals surface area contributed by atoms with Crippen LogP contribution in [0.5, 0.6) is 11.5 Å². The van der Waals surface area contributed by atoms with Crippen molar-refractivity contribution in [3.63, 3.8) is 0 Å². The average Bonchev–Trinajstić information content (AvgIpc) is 3.81. The fourth-order valence-corrected chi connectivity index (χ4v) is 9.55. The van der Waals surface area contributed by atoms with Gasteiger partial charge in [0.1, 0.15) is 16.2 Å². The van der Waals surface area contributed by atoms with Crippen LogP contribution >= 0.6 is 23.1 Å². The number of thiazole rings is 1. The molecule has 4 nitrogen and oxygen atoms in total. The summed E-state index contributed by atoms with van der Waals surface area (Å²) in [4.78, 5) is 3.48. The molecule has 0 N–H and O–H groups in total. The van der Waals surface area contributed by atoms with E-state index in [0.29, 0.717) is 13.5 Å². The van der Waals surface area contributed by atoms with Gasteiger partial charge in [-0.3, -0.25) is 0 Å². The van der Waals surface area contributed by atoms with Crippen molar-refractivity contribution in [2.75, 3.05) is 11.6 Å². The van der Waals surface area contributed by atoms with E-state index in [2.05, 4.69) is 210 Å². The van der Waals surface area contributed by atoms with Crippen LogP contribution in [-0.2, 0) is 6.73 Å². The van der Waals surface area contributed by atoms with Crippen molar-refractivity contribution >= 4 is 66.6 Å². The van der Waals surface area contributed by atoms with E-state index in [-0.39, 0.29) is 0 Å². The van der Waals surface area contributed by atoms with Crippen LogP contribution < -0.4 is 18.9 Å². The van der Waals surface area contributed by atoms with Gasteiger partial charge >= 0.3 is 0 Å². The highest BCUT2D eigenvalue weighted by atomic mass is 32.2. The number of nitrogens with zero attached hydrogens (tertiary/aromatic N) is 2. The molecule has 0 atom stereocenters. The van der Waals surface area contributed by atoms with Crippen LogP contribution in [0.1, 0.15) is 5.01 Å². The fourth-order valence-electron chi connectivity index (χ4n) is 7.46. The molecule has 1 aliphatic rings. The summed E-state index contributed by atoms with van der Waals surface area (Å²) >= 11 is 3.53. The summed E-state index contributed by atoms with van der Waals surface area (Å²) in [5.74, 6) is 1.74. The zero-order valence-corrected chi connectivity index (χ0v) is 32.6. The molecule has 0 aliphatic carbocycles. The number of hydrogen-bond donors (Lipinski definition) is 0. The van der Waals surface area contributed by atoms with E-state index in [1.165, 1.54) is 31.8 Å². The molecule has 0 saturated heterocycles. The first kappa shape index (κ1) is 34.9. The first-order valence-corrected chi connectivity index (χ1v) is 20.6. The van der Waals surface area contributed by atoms with Gasteiger partial charge in [-0.1, -0.05) is 175 Å². The Morgan fingerprint density at radius 3 is 1.84 bits per heavy atom. The molecule has 0 unspecified atom stereocenters. The molecule has 0 radical (unpaired) electrons. The zero-order valence-electron chi connectivity index (χ0n) is 31.0. The second-order valence-electron chi connectivity index (χ2n) is 13.9. The van der Waals surface area contributed by atoms with Crippen molar-refractivity contribution in [1.29, 1.82) is 0 Å². The van der Waals surface area contributed by atoms with E-state index in [1.807, 2.05) is 0 Å². The normalized spacial score (nSPS) is 13.3. The van der Waals surface area contributed by atoms with Crippen molar-refractivity contribution in [1.82, 2.24) is 0 Å². The quantitative estimate of drug-likeness (QED) is 0.129. The molecule has 9 aromatic rings. The zero-order chi connectivity index (χ0) is 38.0. The van der Waals surface area contributed by atoms with Gasteiger partial charge < -0.3 is 14.4 Å². The molecule has 10 rings (SSSR count). The molecule has 8 aromatic carbocycles. The standard InChI is InChI=1S/C51H37N2O2S2/c1-3-14-36(15-4-1)40-28-30-48-44(32-40)52(34-54-46-24-11-20-38-18-7-9-22-42(38)46)50(56-48)26-13-27-51-53(35-55-47-25-12-21-39-19-8-10-23-43(39)47)45-33-41(29-31-49(45)57-51)37-16-5-2-6-17-37/h1-33H,34-35H2/q+1. The maximum Gasteiger partial charge on any atom is 0.293 e. The van der Waals surface area contributed by atoms with Crippen molar-refractivity contribution in [3.8, 4) is 33.8 Å². The van der Waals surface area contributed by atoms with Crippen LogP contribution in [0.3, 0.4) is 0 Å². The second-order valence-corrected chi connectivity index (χ2v) is 16.0. The molecule has 0 spiro atoms. The number of aromatic nitrogens is 1. The van der Waals surface area contributed by atoms with E-state index in [9.17, 15) is 0 Å². The number of benzene rings is 8. The number of hydrogen-bond acceptors (Lipinski definition) is 5. The molecular formula is C51H37N2O2S2+. The van der Waals surface area contributed by atoms with E-state index in [4.69, 9.17) is 9.47 Å². The largest absolute Gasteiger partial charge is 0.472 e. The van der Waals surface area contributed by atoms with Crippen LogP contribution in [0.2, 0.25) is 0 Å². The van der Waals surface area contributed by atoms with Crippen LogP contribution in [-0.4, -0.2) is 6.73 Å². The van der Waals surface area contributed by atoms with Crippen LogP contribution in [0.25, 0.3) is 60.1 Å². The molecule has 6 heteroatoms. The monoisotopic (exact) mass is 773 g/mol. The van der Waals surface area contributed by atoms with Crippen LogP contribution in [0.15, 0.2) is 204 Å². The van der Waals surface area contributed by atoms with E-state index in [0.717, 1.165) is 54.3 Å². The Hall–Kier alpha value is -6.60. The predicted molar refractivity (Wildman–Crippen MR) is 239 cm³/mol. The summed E-state index contributed by atoms with van der Waals surface area (Å²) in [6.45, 7) is 0.742. The number of anilines is 1. The Bertz CT molecular complexity index is 2940. The lowest BCUT2D eigenvalue weighted by Gasteiger charge is -2.22. The Labute approximate surface area is 340 Å². The Morgan fingerprint density at radius 2 is 1.14 bits per heavy atom. The summed E-state index contributed by atoms with van der Waals surface area (Å²) < 4.78 is 16.8. The molecule has 57 heavy (non-hydrogen) atoms. The molecule has 0 amide bonds. The van der Waals surface area contributed by atoms with Crippen LogP contribution in [0, 0.1) is 0 Å². The molecule has 0 bridgehead atoms. The van der Waals surface area contributed by atoms with E-state index in [1.54, 1.807) is 23.1 Å². The van der Waals surface area contributed by atoms with Crippen molar-refractivity contribution in [3.05, 3.63) is 204 Å². The summed E-state index contributed by atoms with van der Waals surface area (Å²) in [7, 11) is 0. The highest BCUT2D eigenvalue weighted by Crippen LogP contribution is 2.47. The molecule has 2 heterocycles. The minimum absolute atomic E-state index is 0.371. The molecule has 1 aliphatic heterocycles. The van der Waals surface area contributed by atoms with Crippen molar-refractivity contribution in [2.24, 2.45) is 0 Å². The van der Waals surface area contributed by atoms with Gasteiger partial charge in [0.25, 0.3) is 11.7 Å². The predicted octanol–water partition coefficient (Wildman–Crippen LogP) is 13.4. The van der Waals surface area contributed by atoms with Gasteiger partial charge in [0, 0.05) is 27.8 Å². The van der Waals surface area contributed by atoms with Gasteiger partial charge in [-0.05, 0) is 69.4 Å². The van der Waals surface area contributed by atoms with E-state index < -0.39 is 0 Å². The minimum Gasteiger partial charge on any atom is -0.472 e. The number of rotatable bonds is 10. The average molecular weight is 774 g/mol. The molecular weight excluding hydrogens is 737 g/mol. The Kier molecular flexibility index (Phi) is 9.48. The maximum absolute atomic E-state index is 6.64. The van der Waals surface area contributed by atoms with E-state index >= 15 is 0 Å². The lowest BCUT2D eigenvalue weighted by atomic mass is 10.1. The van der Waals surface area contributed by atoms with Gasteiger partial charge in [-0.15, -0.1) is 4.57 Å². The third-order valence-corrected chi connectivity index (χ3v) is 12.6. The summed E-state index contributed by atoms with van der Waals surface area (Å²) in [6, 6.07) is 63.8.